The number of nitrogens with zero attached hydrogens (tertiary/aromatic N) is 3. The summed E-state index contributed by atoms with van der Waals surface area (Å²) < 4.78 is 6.35. The highest BCUT2D eigenvalue weighted by atomic mass is 16.5. The zero-order valence-corrected chi connectivity index (χ0v) is 14.6. The minimum atomic E-state index is -0.342. The molecule has 1 aromatic rings. The second-order valence-corrected chi connectivity index (χ2v) is 7.77. The van der Waals surface area contributed by atoms with E-state index in [-0.39, 0.29) is 11.8 Å². The van der Waals surface area contributed by atoms with E-state index in [1.54, 1.807) is 0 Å². The average molecular weight is 329 g/mol. The van der Waals surface area contributed by atoms with E-state index < -0.39 is 0 Å². The molecule has 0 aliphatic carbocycles. The molecule has 3 unspecified atom stereocenters. The first-order valence-corrected chi connectivity index (χ1v) is 9.18. The highest BCUT2D eigenvalue weighted by Gasteiger charge is 2.58. The molecule has 0 saturated carbocycles. The average Bonchev–Trinajstić information content (AvgIpc) is 2.98. The maximum atomic E-state index is 12.6. The van der Waals surface area contributed by atoms with Crippen LogP contribution in [0.15, 0.2) is 24.4 Å². The number of amides is 1. The van der Waals surface area contributed by atoms with Crippen molar-refractivity contribution in [2.45, 2.75) is 51.4 Å². The van der Waals surface area contributed by atoms with Crippen molar-refractivity contribution in [3.63, 3.8) is 0 Å². The molecule has 3 aliphatic rings. The van der Waals surface area contributed by atoms with Crippen LogP contribution >= 0.6 is 0 Å². The Labute approximate surface area is 144 Å². The molecular formula is C19H27N3O2. The Balaban J connectivity index is 1.52. The maximum absolute atomic E-state index is 12.6. The summed E-state index contributed by atoms with van der Waals surface area (Å²) in [4.78, 5) is 21.7. The smallest absolute Gasteiger partial charge is 0.225 e. The summed E-state index contributed by atoms with van der Waals surface area (Å²) in [6.45, 7) is 7.92. The standard InChI is InChI=1S/C19H27N3O2/c1-14(2)17-13-24-19-8-10-21(12-16-5-3-4-9-20-16)11-15(19)6-7-18(23)22(17)19/h3-5,9,14-15,17H,6-8,10-13H2,1-2H3. The van der Waals surface area contributed by atoms with Crippen LogP contribution in [-0.2, 0) is 16.1 Å². The van der Waals surface area contributed by atoms with Crippen LogP contribution < -0.4 is 0 Å². The van der Waals surface area contributed by atoms with Crippen LogP contribution in [0.4, 0.5) is 0 Å². The molecule has 0 radical (unpaired) electrons. The fourth-order valence-corrected chi connectivity index (χ4v) is 4.72. The molecule has 1 amide bonds. The number of hydrogen-bond acceptors (Lipinski definition) is 4. The van der Waals surface area contributed by atoms with Crippen LogP contribution in [0.3, 0.4) is 0 Å². The second-order valence-electron chi connectivity index (χ2n) is 7.77. The molecule has 130 valence electrons. The van der Waals surface area contributed by atoms with E-state index in [1.807, 2.05) is 18.3 Å². The third kappa shape index (κ3) is 2.54. The van der Waals surface area contributed by atoms with Gasteiger partial charge in [0.25, 0.3) is 0 Å². The van der Waals surface area contributed by atoms with Crippen molar-refractivity contribution in [1.29, 1.82) is 0 Å². The van der Waals surface area contributed by atoms with Crippen LogP contribution in [0, 0.1) is 11.8 Å². The van der Waals surface area contributed by atoms with Gasteiger partial charge in [-0.05, 0) is 24.5 Å². The third-order valence-corrected chi connectivity index (χ3v) is 6.00. The van der Waals surface area contributed by atoms with E-state index in [4.69, 9.17) is 4.74 Å². The van der Waals surface area contributed by atoms with Crippen molar-refractivity contribution in [2.24, 2.45) is 11.8 Å². The van der Waals surface area contributed by atoms with Crippen molar-refractivity contribution in [1.82, 2.24) is 14.8 Å². The molecular weight excluding hydrogens is 302 g/mol. The van der Waals surface area contributed by atoms with Crippen LogP contribution in [0.2, 0.25) is 0 Å². The van der Waals surface area contributed by atoms with Gasteiger partial charge in [0.1, 0.15) is 5.72 Å². The number of aromatic nitrogens is 1. The molecule has 1 spiro atoms. The van der Waals surface area contributed by atoms with Crippen molar-refractivity contribution in [3.8, 4) is 0 Å². The number of rotatable bonds is 3. The van der Waals surface area contributed by atoms with Gasteiger partial charge >= 0.3 is 0 Å². The molecule has 3 fully saturated rings. The summed E-state index contributed by atoms with van der Waals surface area (Å²) in [5.74, 6) is 1.15. The fourth-order valence-electron chi connectivity index (χ4n) is 4.72. The normalized spacial score (nSPS) is 33.6. The Bertz CT molecular complexity index is 606. The zero-order chi connectivity index (χ0) is 16.7. The Hall–Kier alpha value is -1.46. The lowest BCUT2D eigenvalue weighted by Gasteiger charge is -2.53. The molecule has 5 heteroatoms. The summed E-state index contributed by atoms with van der Waals surface area (Å²) >= 11 is 0. The Kier molecular flexibility index (Phi) is 4.09. The Morgan fingerprint density at radius 2 is 2.29 bits per heavy atom. The first-order chi connectivity index (χ1) is 11.6. The number of likely N-dealkylation sites (tertiary alicyclic amines) is 1. The second kappa shape index (κ2) is 6.12. The van der Waals surface area contributed by atoms with Crippen LogP contribution in [0.5, 0.6) is 0 Å². The minimum absolute atomic E-state index is 0.239. The van der Waals surface area contributed by atoms with E-state index in [1.165, 1.54) is 0 Å². The van der Waals surface area contributed by atoms with E-state index in [2.05, 4.69) is 34.7 Å². The fraction of sp³-hybridized carbons (Fsp3) is 0.684. The van der Waals surface area contributed by atoms with Crippen LogP contribution in [0.25, 0.3) is 0 Å². The Morgan fingerprint density at radius 3 is 3.04 bits per heavy atom. The molecule has 3 aliphatic heterocycles. The summed E-state index contributed by atoms with van der Waals surface area (Å²) in [7, 11) is 0. The first-order valence-electron chi connectivity index (χ1n) is 9.18. The van der Waals surface area contributed by atoms with E-state index >= 15 is 0 Å². The maximum Gasteiger partial charge on any atom is 0.225 e. The molecule has 0 bridgehead atoms. The molecule has 5 nitrogen and oxygen atoms in total. The number of carbonyl (C=O) groups excluding carboxylic acids is 1. The van der Waals surface area contributed by atoms with Gasteiger partial charge in [-0.2, -0.15) is 0 Å². The van der Waals surface area contributed by atoms with Crippen molar-refractivity contribution < 1.29 is 9.53 Å². The van der Waals surface area contributed by atoms with Crippen LogP contribution in [0.1, 0.15) is 38.8 Å². The Morgan fingerprint density at radius 1 is 1.42 bits per heavy atom. The highest BCUT2D eigenvalue weighted by Crippen LogP contribution is 2.47. The summed E-state index contributed by atoms with van der Waals surface area (Å²) in [6.07, 6.45) is 4.38. The third-order valence-electron chi connectivity index (χ3n) is 6.00. The summed E-state index contributed by atoms with van der Waals surface area (Å²) in [6, 6.07) is 6.32. The van der Waals surface area contributed by atoms with Gasteiger partial charge in [0, 0.05) is 44.6 Å². The quantitative estimate of drug-likeness (QED) is 0.853. The predicted octanol–water partition coefficient (Wildman–Crippen LogP) is 2.28. The largest absolute Gasteiger partial charge is 0.353 e. The van der Waals surface area contributed by atoms with Gasteiger partial charge in [0.15, 0.2) is 0 Å². The van der Waals surface area contributed by atoms with Crippen LogP contribution in [-0.4, -0.2) is 52.2 Å². The summed E-state index contributed by atoms with van der Waals surface area (Å²) in [5, 5.41) is 0. The SMILES string of the molecule is CC(C)C1COC23CCN(Cc4ccccn4)CC2CCC(=O)N13. The van der Waals surface area contributed by atoms with Gasteiger partial charge < -0.3 is 9.64 Å². The van der Waals surface area contributed by atoms with Gasteiger partial charge in [0.05, 0.1) is 18.3 Å². The summed E-state index contributed by atoms with van der Waals surface area (Å²) in [5.41, 5.74) is 0.773. The van der Waals surface area contributed by atoms with E-state index in [0.29, 0.717) is 30.8 Å². The zero-order valence-electron chi connectivity index (χ0n) is 14.6. The van der Waals surface area contributed by atoms with Crippen molar-refractivity contribution >= 4 is 5.91 Å². The topological polar surface area (TPSA) is 45.7 Å². The van der Waals surface area contributed by atoms with Gasteiger partial charge in [0.2, 0.25) is 5.91 Å². The lowest BCUT2D eigenvalue weighted by molar-refractivity contribution is -0.193. The van der Waals surface area contributed by atoms with Crippen molar-refractivity contribution in [2.75, 3.05) is 19.7 Å². The number of piperidine rings is 2. The molecule has 3 saturated heterocycles. The molecule has 4 rings (SSSR count). The van der Waals surface area contributed by atoms with Crippen molar-refractivity contribution in [3.05, 3.63) is 30.1 Å². The molecule has 0 N–H and O–H groups in total. The highest BCUT2D eigenvalue weighted by molar-refractivity contribution is 5.78. The van der Waals surface area contributed by atoms with Gasteiger partial charge in [-0.3, -0.25) is 14.7 Å². The van der Waals surface area contributed by atoms with Gasteiger partial charge in [-0.15, -0.1) is 0 Å². The minimum Gasteiger partial charge on any atom is -0.353 e. The number of pyridine rings is 1. The molecule has 4 heterocycles. The molecule has 24 heavy (non-hydrogen) atoms. The molecule has 3 atom stereocenters. The number of hydrogen-bond donors (Lipinski definition) is 0. The lowest BCUT2D eigenvalue weighted by atomic mass is 9.79. The molecule has 1 aromatic heterocycles. The number of ether oxygens (including phenoxy) is 1. The number of carbonyl (C=O) groups is 1. The van der Waals surface area contributed by atoms with Gasteiger partial charge in [-0.25, -0.2) is 0 Å². The first kappa shape index (κ1) is 16.0. The van der Waals surface area contributed by atoms with Gasteiger partial charge in [-0.1, -0.05) is 19.9 Å². The van der Waals surface area contributed by atoms with E-state index in [9.17, 15) is 4.79 Å². The lowest BCUT2D eigenvalue weighted by Crippen LogP contribution is -2.65. The predicted molar refractivity (Wildman–Crippen MR) is 91.0 cm³/mol. The molecule has 0 aromatic carbocycles. The monoisotopic (exact) mass is 329 g/mol. The van der Waals surface area contributed by atoms with E-state index in [0.717, 1.165) is 38.2 Å².